The van der Waals surface area contributed by atoms with Crippen LogP contribution in [0.15, 0.2) is 17.1 Å². The fourth-order valence-corrected chi connectivity index (χ4v) is 1.17. The van der Waals surface area contributed by atoms with Crippen LogP contribution < -0.4 is 11.0 Å². The molecule has 0 atom stereocenters. The maximum atomic E-state index is 12.0. The Balaban J connectivity index is 2.75. The van der Waals surface area contributed by atoms with Crippen molar-refractivity contribution < 1.29 is 9.18 Å². The van der Waals surface area contributed by atoms with E-state index < -0.39 is 12.4 Å². The summed E-state index contributed by atoms with van der Waals surface area (Å²) in [5, 5.41) is 2.53. The van der Waals surface area contributed by atoms with Crippen molar-refractivity contribution >= 4 is 11.7 Å². The molecular weight excluding hydrogens is 225 g/mol. The molecule has 1 aromatic rings. The Morgan fingerprint density at radius 1 is 1.59 bits per heavy atom. The zero-order chi connectivity index (χ0) is 12.8. The smallest absolute Gasteiger partial charge is 0.310 e. The number of alkyl halides is 1. The summed E-state index contributed by atoms with van der Waals surface area (Å²) >= 11 is 0. The minimum Gasteiger partial charge on any atom is -0.310 e. The van der Waals surface area contributed by atoms with E-state index in [0.29, 0.717) is 6.54 Å². The fourth-order valence-electron chi connectivity index (χ4n) is 1.17. The van der Waals surface area contributed by atoms with E-state index >= 15 is 0 Å². The molecule has 1 heterocycles. The normalized spacial score (nSPS) is 10.6. The Morgan fingerprint density at radius 3 is 2.82 bits per heavy atom. The summed E-state index contributed by atoms with van der Waals surface area (Å²) in [4.78, 5) is 26.5. The highest BCUT2D eigenvalue weighted by Gasteiger charge is 2.08. The monoisotopic (exact) mass is 241 g/mol. The van der Waals surface area contributed by atoms with E-state index in [2.05, 4.69) is 10.3 Å². The topological polar surface area (TPSA) is 64.0 Å². The first-order valence-corrected chi connectivity index (χ1v) is 5.49. The van der Waals surface area contributed by atoms with Crippen LogP contribution in [0.1, 0.15) is 20.3 Å². The molecule has 1 amide bonds. The van der Waals surface area contributed by atoms with Crippen LogP contribution in [0.2, 0.25) is 0 Å². The number of rotatable bonds is 5. The minimum absolute atomic E-state index is 0.175. The zero-order valence-electron chi connectivity index (χ0n) is 9.94. The van der Waals surface area contributed by atoms with Crippen LogP contribution in [0.25, 0.3) is 0 Å². The predicted molar refractivity (Wildman–Crippen MR) is 62.6 cm³/mol. The van der Waals surface area contributed by atoms with Gasteiger partial charge in [0.1, 0.15) is 5.82 Å². The fraction of sp³-hybridized carbons (Fsp3) is 0.545. The minimum atomic E-state index is -0.486. The SMILES string of the molecule is CC(C)C(=O)Nc1ccn(CCCF)c(=O)n1. The van der Waals surface area contributed by atoms with Gasteiger partial charge in [0.05, 0.1) is 6.67 Å². The molecule has 0 saturated heterocycles. The number of carbonyl (C=O) groups is 1. The maximum absolute atomic E-state index is 12.0. The van der Waals surface area contributed by atoms with Crippen molar-refractivity contribution in [3.63, 3.8) is 0 Å². The van der Waals surface area contributed by atoms with Gasteiger partial charge in [-0.3, -0.25) is 13.8 Å². The number of aromatic nitrogens is 2. The first-order chi connectivity index (χ1) is 8.04. The van der Waals surface area contributed by atoms with Gasteiger partial charge >= 0.3 is 5.69 Å². The van der Waals surface area contributed by atoms with E-state index in [9.17, 15) is 14.0 Å². The number of halogens is 1. The van der Waals surface area contributed by atoms with Crippen LogP contribution >= 0.6 is 0 Å². The number of anilines is 1. The molecule has 0 bridgehead atoms. The van der Waals surface area contributed by atoms with Crippen molar-refractivity contribution in [3.8, 4) is 0 Å². The maximum Gasteiger partial charge on any atom is 0.349 e. The summed E-state index contributed by atoms with van der Waals surface area (Å²) in [6.07, 6.45) is 1.78. The third-order valence-corrected chi connectivity index (χ3v) is 2.18. The lowest BCUT2D eigenvalue weighted by Crippen LogP contribution is -2.26. The molecule has 1 N–H and O–H groups in total. The Kier molecular flexibility index (Phi) is 4.81. The molecule has 0 saturated carbocycles. The Labute approximate surface area is 98.7 Å². The van der Waals surface area contributed by atoms with Crippen molar-refractivity contribution in [1.29, 1.82) is 0 Å². The molecule has 1 rings (SSSR count). The van der Waals surface area contributed by atoms with Gasteiger partial charge in [0, 0.05) is 18.7 Å². The van der Waals surface area contributed by atoms with Gasteiger partial charge in [-0.1, -0.05) is 13.8 Å². The lowest BCUT2D eigenvalue weighted by molar-refractivity contribution is -0.118. The van der Waals surface area contributed by atoms with Gasteiger partial charge in [-0.15, -0.1) is 0 Å². The number of amides is 1. The second kappa shape index (κ2) is 6.12. The summed E-state index contributed by atoms with van der Waals surface area (Å²) < 4.78 is 13.3. The summed E-state index contributed by atoms with van der Waals surface area (Å²) in [6.45, 7) is 3.31. The summed E-state index contributed by atoms with van der Waals surface area (Å²) in [5.41, 5.74) is -0.486. The van der Waals surface area contributed by atoms with Crippen molar-refractivity contribution in [2.24, 2.45) is 5.92 Å². The average Bonchev–Trinajstić information content (AvgIpc) is 2.28. The van der Waals surface area contributed by atoms with Crippen LogP contribution in [-0.4, -0.2) is 22.1 Å². The largest absolute Gasteiger partial charge is 0.349 e. The molecular formula is C11H16FN3O2. The number of hydrogen-bond donors (Lipinski definition) is 1. The Hall–Kier alpha value is -1.72. The van der Waals surface area contributed by atoms with Crippen LogP contribution in [-0.2, 0) is 11.3 Å². The number of carbonyl (C=O) groups excluding carboxylic acids is 1. The van der Waals surface area contributed by atoms with Gasteiger partial charge in [0.15, 0.2) is 0 Å². The molecule has 1 aromatic heterocycles. The van der Waals surface area contributed by atoms with Gasteiger partial charge < -0.3 is 5.32 Å². The van der Waals surface area contributed by atoms with Gasteiger partial charge in [-0.25, -0.2) is 4.79 Å². The number of aryl methyl sites for hydroxylation is 1. The molecule has 6 heteroatoms. The molecule has 5 nitrogen and oxygen atoms in total. The van der Waals surface area contributed by atoms with E-state index in [4.69, 9.17) is 0 Å². The van der Waals surface area contributed by atoms with Crippen LogP contribution in [0.4, 0.5) is 10.2 Å². The summed E-state index contributed by atoms with van der Waals surface area (Å²) in [7, 11) is 0. The highest BCUT2D eigenvalue weighted by Crippen LogP contribution is 2.02. The lowest BCUT2D eigenvalue weighted by Gasteiger charge is -2.08. The Bertz CT molecular complexity index is 443. The van der Waals surface area contributed by atoms with Gasteiger partial charge in [0.2, 0.25) is 5.91 Å². The third-order valence-electron chi connectivity index (χ3n) is 2.18. The van der Waals surface area contributed by atoms with Crippen LogP contribution in [0, 0.1) is 5.92 Å². The quantitative estimate of drug-likeness (QED) is 0.842. The molecule has 0 aliphatic heterocycles. The number of hydrogen-bond acceptors (Lipinski definition) is 3. The van der Waals surface area contributed by atoms with Gasteiger partial charge in [-0.2, -0.15) is 4.98 Å². The predicted octanol–water partition coefficient (Wildman–Crippen LogP) is 1.20. The molecule has 17 heavy (non-hydrogen) atoms. The van der Waals surface area contributed by atoms with Crippen molar-refractivity contribution in [1.82, 2.24) is 9.55 Å². The van der Waals surface area contributed by atoms with Crippen LogP contribution in [0.3, 0.4) is 0 Å². The number of nitrogens with zero attached hydrogens (tertiary/aromatic N) is 2. The molecule has 94 valence electrons. The zero-order valence-corrected chi connectivity index (χ0v) is 9.94. The third kappa shape index (κ3) is 3.97. The molecule has 0 aromatic carbocycles. The van der Waals surface area contributed by atoms with Crippen LogP contribution in [0.5, 0.6) is 0 Å². The standard InChI is InChI=1S/C11H16FN3O2/c1-8(2)10(16)13-9-4-7-15(6-3-5-12)11(17)14-9/h4,7-8H,3,5-6H2,1-2H3,(H,13,14,16,17). The first kappa shape index (κ1) is 13.3. The van der Waals surface area contributed by atoms with E-state index in [1.165, 1.54) is 16.8 Å². The van der Waals surface area contributed by atoms with E-state index in [1.807, 2.05) is 0 Å². The molecule has 0 spiro atoms. The second-order valence-electron chi connectivity index (χ2n) is 3.98. The first-order valence-electron chi connectivity index (χ1n) is 5.49. The van der Waals surface area contributed by atoms with Crippen molar-refractivity contribution in [3.05, 3.63) is 22.7 Å². The Morgan fingerprint density at radius 2 is 2.29 bits per heavy atom. The van der Waals surface area contributed by atoms with E-state index in [0.717, 1.165) is 0 Å². The molecule has 0 aliphatic rings. The van der Waals surface area contributed by atoms with Crippen molar-refractivity contribution in [2.45, 2.75) is 26.8 Å². The number of nitrogens with one attached hydrogen (secondary N) is 1. The molecule has 0 radical (unpaired) electrons. The molecule has 0 aliphatic carbocycles. The molecule has 0 unspecified atom stereocenters. The van der Waals surface area contributed by atoms with Crippen molar-refractivity contribution in [2.75, 3.05) is 12.0 Å². The second-order valence-corrected chi connectivity index (χ2v) is 3.98. The summed E-state index contributed by atoms with van der Waals surface area (Å²) in [5.74, 6) is -0.144. The van der Waals surface area contributed by atoms with Gasteiger partial charge in [-0.05, 0) is 12.5 Å². The average molecular weight is 241 g/mol. The van der Waals surface area contributed by atoms with E-state index in [1.54, 1.807) is 13.8 Å². The lowest BCUT2D eigenvalue weighted by atomic mass is 10.2. The van der Waals surface area contributed by atoms with E-state index in [-0.39, 0.29) is 24.1 Å². The highest BCUT2D eigenvalue weighted by molar-refractivity contribution is 5.90. The summed E-state index contributed by atoms with van der Waals surface area (Å²) in [6, 6.07) is 1.53. The highest BCUT2D eigenvalue weighted by atomic mass is 19.1. The molecule has 0 fully saturated rings. The van der Waals surface area contributed by atoms with Gasteiger partial charge in [0.25, 0.3) is 0 Å².